The van der Waals surface area contributed by atoms with Crippen molar-refractivity contribution in [3.05, 3.63) is 28.2 Å². The van der Waals surface area contributed by atoms with Gasteiger partial charge in [0.15, 0.2) is 5.82 Å². The van der Waals surface area contributed by atoms with E-state index in [4.69, 9.17) is 0 Å². The number of thiophene rings is 1. The number of likely N-dealkylation sites (tertiary alicyclic amines) is 1. The molecule has 0 bridgehead atoms. The van der Waals surface area contributed by atoms with E-state index in [0.29, 0.717) is 12.4 Å². The SMILES string of the molecule is O=C(c1cccs1)N1CCC[C@H](c2nn[nH]n2)C1. The molecule has 0 spiro atoms. The average molecular weight is 263 g/mol. The summed E-state index contributed by atoms with van der Waals surface area (Å²) in [5.74, 6) is 1.01. The van der Waals surface area contributed by atoms with Crippen molar-refractivity contribution in [3.63, 3.8) is 0 Å². The zero-order valence-corrected chi connectivity index (χ0v) is 10.6. The summed E-state index contributed by atoms with van der Waals surface area (Å²) in [6.45, 7) is 1.49. The Morgan fingerprint density at radius 2 is 2.50 bits per heavy atom. The van der Waals surface area contributed by atoms with Crippen LogP contribution >= 0.6 is 11.3 Å². The van der Waals surface area contributed by atoms with Crippen LogP contribution in [0.5, 0.6) is 0 Å². The zero-order valence-electron chi connectivity index (χ0n) is 9.74. The lowest BCUT2D eigenvalue weighted by atomic mass is 9.97. The molecule has 1 fully saturated rings. The maximum atomic E-state index is 12.2. The summed E-state index contributed by atoms with van der Waals surface area (Å²) >= 11 is 1.48. The lowest BCUT2D eigenvalue weighted by Gasteiger charge is -2.30. The lowest BCUT2D eigenvalue weighted by Crippen LogP contribution is -2.39. The number of hydrogen-bond acceptors (Lipinski definition) is 5. The number of amides is 1. The van der Waals surface area contributed by atoms with E-state index in [1.807, 2.05) is 22.4 Å². The number of aromatic nitrogens is 4. The van der Waals surface area contributed by atoms with Gasteiger partial charge in [-0.15, -0.1) is 21.5 Å². The van der Waals surface area contributed by atoms with Crippen LogP contribution in [0.3, 0.4) is 0 Å². The molecule has 3 heterocycles. The second-order valence-corrected chi connectivity index (χ2v) is 5.29. The predicted octanol–water partition coefficient (Wildman–Crippen LogP) is 1.28. The third-order valence-electron chi connectivity index (χ3n) is 3.17. The molecule has 2 aromatic rings. The molecule has 7 heteroatoms. The van der Waals surface area contributed by atoms with Crippen molar-refractivity contribution in [2.75, 3.05) is 13.1 Å². The number of carbonyl (C=O) groups is 1. The summed E-state index contributed by atoms with van der Waals surface area (Å²) in [5, 5.41) is 16.0. The topological polar surface area (TPSA) is 74.8 Å². The smallest absolute Gasteiger partial charge is 0.263 e. The van der Waals surface area contributed by atoms with Crippen LogP contribution in [0.4, 0.5) is 0 Å². The van der Waals surface area contributed by atoms with Gasteiger partial charge in [0.25, 0.3) is 5.91 Å². The van der Waals surface area contributed by atoms with E-state index in [1.165, 1.54) is 11.3 Å². The first-order valence-electron chi connectivity index (χ1n) is 5.90. The molecule has 0 aliphatic carbocycles. The molecule has 1 atom stereocenters. The molecule has 0 saturated carbocycles. The fourth-order valence-electron chi connectivity index (χ4n) is 2.27. The van der Waals surface area contributed by atoms with Crippen LogP contribution in [0.25, 0.3) is 0 Å². The molecule has 1 aliphatic rings. The van der Waals surface area contributed by atoms with E-state index in [-0.39, 0.29) is 11.8 Å². The summed E-state index contributed by atoms with van der Waals surface area (Å²) in [6.07, 6.45) is 1.99. The number of carbonyl (C=O) groups excluding carboxylic acids is 1. The number of aromatic amines is 1. The number of hydrogen-bond donors (Lipinski definition) is 1. The Bertz CT molecular complexity index is 510. The highest BCUT2D eigenvalue weighted by molar-refractivity contribution is 7.12. The zero-order chi connectivity index (χ0) is 12.4. The van der Waals surface area contributed by atoms with Crippen LogP contribution < -0.4 is 0 Å². The second-order valence-electron chi connectivity index (χ2n) is 4.34. The van der Waals surface area contributed by atoms with Crippen molar-refractivity contribution in [1.29, 1.82) is 0 Å². The Kier molecular flexibility index (Phi) is 3.06. The minimum Gasteiger partial charge on any atom is -0.337 e. The molecule has 0 radical (unpaired) electrons. The van der Waals surface area contributed by atoms with Crippen LogP contribution in [0.15, 0.2) is 17.5 Å². The Morgan fingerprint density at radius 1 is 1.56 bits per heavy atom. The quantitative estimate of drug-likeness (QED) is 0.885. The third-order valence-corrected chi connectivity index (χ3v) is 4.03. The van der Waals surface area contributed by atoms with Gasteiger partial charge in [0, 0.05) is 19.0 Å². The second kappa shape index (κ2) is 4.85. The van der Waals surface area contributed by atoms with Crippen molar-refractivity contribution in [3.8, 4) is 0 Å². The number of rotatable bonds is 2. The Morgan fingerprint density at radius 3 is 3.22 bits per heavy atom. The minimum absolute atomic E-state index is 0.109. The van der Waals surface area contributed by atoms with Crippen molar-refractivity contribution < 1.29 is 4.79 Å². The fraction of sp³-hybridized carbons (Fsp3) is 0.455. The third kappa shape index (κ3) is 2.13. The van der Waals surface area contributed by atoms with Gasteiger partial charge in [0.1, 0.15) is 0 Å². The molecule has 18 heavy (non-hydrogen) atoms. The maximum absolute atomic E-state index is 12.2. The first-order valence-corrected chi connectivity index (χ1v) is 6.78. The van der Waals surface area contributed by atoms with Gasteiger partial charge in [-0.3, -0.25) is 4.79 Å². The van der Waals surface area contributed by atoms with Gasteiger partial charge >= 0.3 is 0 Å². The van der Waals surface area contributed by atoms with Gasteiger partial charge in [0.2, 0.25) is 0 Å². The lowest BCUT2D eigenvalue weighted by molar-refractivity contribution is 0.0709. The monoisotopic (exact) mass is 263 g/mol. The van der Waals surface area contributed by atoms with E-state index in [1.54, 1.807) is 0 Å². The van der Waals surface area contributed by atoms with E-state index < -0.39 is 0 Å². The molecule has 1 aliphatic heterocycles. The van der Waals surface area contributed by atoms with Crippen LogP contribution in [0.1, 0.15) is 34.3 Å². The molecule has 3 rings (SSSR count). The van der Waals surface area contributed by atoms with Crippen LogP contribution in [-0.4, -0.2) is 44.5 Å². The molecular weight excluding hydrogens is 250 g/mol. The average Bonchev–Trinajstić information content (AvgIpc) is 3.11. The van der Waals surface area contributed by atoms with Gasteiger partial charge in [0.05, 0.1) is 4.88 Å². The van der Waals surface area contributed by atoms with Crippen molar-refractivity contribution in [1.82, 2.24) is 25.5 Å². The highest BCUT2D eigenvalue weighted by Crippen LogP contribution is 2.25. The Hall–Kier alpha value is -1.76. The van der Waals surface area contributed by atoms with Crippen molar-refractivity contribution in [2.45, 2.75) is 18.8 Å². The number of nitrogens with one attached hydrogen (secondary N) is 1. The standard InChI is InChI=1S/C11H13N5OS/c17-11(9-4-2-6-18-9)16-5-1-3-8(7-16)10-12-14-15-13-10/h2,4,6,8H,1,3,5,7H2,(H,12,13,14,15)/t8-/m0/s1. The highest BCUT2D eigenvalue weighted by atomic mass is 32.1. The fourth-order valence-corrected chi connectivity index (χ4v) is 2.96. The molecule has 1 saturated heterocycles. The minimum atomic E-state index is 0.109. The van der Waals surface area contributed by atoms with Crippen molar-refractivity contribution >= 4 is 17.2 Å². The summed E-state index contributed by atoms with van der Waals surface area (Å²) in [5.41, 5.74) is 0. The summed E-state index contributed by atoms with van der Waals surface area (Å²) < 4.78 is 0. The predicted molar refractivity (Wildman–Crippen MR) is 66.4 cm³/mol. The van der Waals surface area contributed by atoms with Crippen LogP contribution in [-0.2, 0) is 0 Å². The summed E-state index contributed by atoms with van der Waals surface area (Å²) in [7, 11) is 0. The normalized spacial score (nSPS) is 20.0. The number of piperidine rings is 1. The number of H-pyrrole nitrogens is 1. The number of nitrogens with zero attached hydrogens (tertiary/aromatic N) is 4. The summed E-state index contributed by atoms with van der Waals surface area (Å²) in [4.78, 5) is 14.9. The molecule has 6 nitrogen and oxygen atoms in total. The van der Waals surface area contributed by atoms with E-state index in [9.17, 15) is 4.79 Å². The molecule has 0 aromatic carbocycles. The van der Waals surface area contributed by atoms with E-state index >= 15 is 0 Å². The van der Waals surface area contributed by atoms with Crippen LogP contribution in [0.2, 0.25) is 0 Å². The van der Waals surface area contributed by atoms with E-state index in [0.717, 1.165) is 24.3 Å². The molecule has 2 aromatic heterocycles. The number of tetrazole rings is 1. The largest absolute Gasteiger partial charge is 0.337 e. The van der Waals surface area contributed by atoms with Gasteiger partial charge in [-0.05, 0) is 24.3 Å². The Balaban J connectivity index is 1.73. The van der Waals surface area contributed by atoms with Crippen molar-refractivity contribution in [2.24, 2.45) is 0 Å². The van der Waals surface area contributed by atoms with Gasteiger partial charge in [-0.2, -0.15) is 5.21 Å². The molecular formula is C11H13N5OS. The first kappa shape index (κ1) is 11.3. The summed E-state index contributed by atoms with van der Waals surface area (Å²) in [6, 6.07) is 3.77. The molecule has 0 unspecified atom stereocenters. The molecule has 1 amide bonds. The van der Waals surface area contributed by atoms with Crippen LogP contribution in [0, 0.1) is 0 Å². The van der Waals surface area contributed by atoms with Gasteiger partial charge in [-0.25, -0.2) is 0 Å². The molecule has 94 valence electrons. The molecule has 1 N–H and O–H groups in total. The van der Waals surface area contributed by atoms with E-state index in [2.05, 4.69) is 20.6 Å². The first-order chi connectivity index (χ1) is 8.84. The van der Waals surface area contributed by atoms with Gasteiger partial charge in [-0.1, -0.05) is 11.3 Å². The van der Waals surface area contributed by atoms with Gasteiger partial charge < -0.3 is 4.90 Å². The maximum Gasteiger partial charge on any atom is 0.263 e. The Labute approximate surface area is 108 Å². The highest BCUT2D eigenvalue weighted by Gasteiger charge is 2.28.